The molecule has 0 atom stereocenters. The third kappa shape index (κ3) is 3.93. The van der Waals surface area contributed by atoms with Gasteiger partial charge in [0.05, 0.1) is 22.7 Å². The van der Waals surface area contributed by atoms with Gasteiger partial charge in [-0.15, -0.1) is 11.3 Å². The lowest BCUT2D eigenvalue weighted by atomic mass is 10.2. The Hall–Kier alpha value is -3.00. The fourth-order valence-electron chi connectivity index (χ4n) is 3.28. The topological polar surface area (TPSA) is 52.0 Å². The van der Waals surface area contributed by atoms with Crippen LogP contribution in [0.4, 0.5) is 14.6 Å². The Morgan fingerprint density at radius 1 is 1.17 bits per heavy atom. The van der Waals surface area contributed by atoms with E-state index >= 15 is 0 Å². The van der Waals surface area contributed by atoms with Crippen LogP contribution in [0.15, 0.2) is 42.0 Å². The second-order valence-corrected chi connectivity index (χ2v) is 7.44. The molecule has 0 saturated heterocycles. The zero-order valence-corrected chi connectivity index (χ0v) is 16.9. The summed E-state index contributed by atoms with van der Waals surface area (Å²) in [6.07, 6.45) is 1.52. The number of thiophene rings is 1. The minimum atomic E-state index is -0.831. The molecule has 1 N–H and O–H groups in total. The fourth-order valence-corrected chi connectivity index (χ4v) is 4.08. The van der Waals surface area contributed by atoms with Crippen molar-refractivity contribution in [1.29, 1.82) is 0 Å². The van der Waals surface area contributed by atoms with Crippen molar-refractivity contribution >= 4 is 28.1 Å². The van der Waals surface area contributed by atoms with E-state index in [4.69, 9.17) is 4.74 Å². The van der Waals surface area contributed by atoms with E-state index < -0.39 is 11.6 Å². The molecule has 0 aliphatic heterocycles. The zero-order chi connectivity index (χ0) is 20.4. The van der Waals surface area contributed by atoms with Gasteiger partial charge >= 0.3 is 0 Å². The highest BCUT2D eigenvalue weighted by Gasteiger charge is 2.13. The van der Waals surface area contributed by atoms with Crippen LogP contribution in [0.5, 0.6) is 5.75 Å². The molecule has 8 heteroatoms. The van der Waals surface area contributed by atoms with Gasteiger partial charge in [-0.1, -0.05) is 0 Å². The number of hydrogen-bond acceptors (Lipinski definition) is 5. The molecule has 5 nitrogen and oxygen atoms in total. The quantitative estimate of drug-likeness (QED) is 0.448. The number of aromatic nitrogens is 3. The maximum atomic E-state index is 14.0. The van der Waals surface area contributed by atoms with E-state index in [0.717, 1.165) is 28.1 Å². The molecule has 29 heavy (non-hydrogen) atoms. The van der Waals surface area contributed by atoms with Crippen molar-refractivity contribution in [1.82, 2.24) is 14.5 Å². The highest BCUT2D eigenvalue weighted by Crippen LogP contribution is 2.30. The molecule has 150 valence electrons. The summed E-state index contributed by atoms with van der Waals surface area (Å²) in [6, 6.07) is 8.29. The zero-order valence-electron chi connectivity index (χ0n) is 16.1. The number of nitrogens with zero attached hydrogens (tertiary/aromatic N) is 3. The minimum absolute atomic E-state index is 0.301. The number of benzene rings is 1. The van der Waals surface area contributed by atoms with Gasteiger partial charge in [-0.25, -0.2) is 18.7 Å². The van der Waals surface area contributed by atoms with Gasteiger partial charge in [0.25, 0.3) is 0 Å². The molecule has 0 saturated carbocycles. The van der Waals surface area contributed by atoms with Crippen molar-refractivity contribution in [3.8, 4) is 16.3 Å². The summed E-state index contributed by atoms with van der Waals surface area (Å²) in [6.45, 7) is 5.62. The van der Waals surface area contributed by atoms with E-state index in [9.17, 15) is 8.78 Å². The molecular formula is C21H20F2N4OS. The third-order valence-electron chi connectivity index (χ3n) is 4.63. The molecule has 0 bridgehead atoms. The number of halogens is 2. The summed E-state index contributed by atoms with van der Waals surface area (Å²) in [5.41, 5.74) is 2.36. The second kappa shape index (κ2) is 8.16. The van der Waals surface area contributed by atoms with Gasteiger partial charge in [0.2, 0.25) is 0 Å². The van der Waals surface area contributed by atoms with Crippen molar-refractivity contribution in [3.63, 3.8) is 0 Å². The Morgan fingerprint density at radius 3 is 2.86 bits per heavy atom. The monoisotopic (exact) mass is 414 g/mol. The molecule has 0 aliphatic carbocycles. The molecule has 1 aromatic carbocycles. The van der Waals surface area contributed by atoms with E-state index in [0.29, 0.717) is 36.4 Å². The summed E-state index contributed by atoms with van der Waals surface area (Å²) < 4.78 is 34.9. The molecule has 4 aromatic rings. The second-order valence-electron chi connectivity index (χ2n) is 6.53. The first-order valence-electron chi connectivity index (χ1n) is 9.28. The average molecular weight is 414 g/mol. The van der Waals surface area contributed by atoms with Crippen LogP contribution in [0, 0.1) is 18.6 Å². The Morgan fingerprint density at radius 2 is 2.03 bits per heavy atom. The van der Waals surface area contributed by atoms with Crippen molar-refractivity contribution in [2.75, 3.05) is 18.5 Å². The number of ether oxygens (including phenoxy) is 1. The standard InChI is InChI=1S/C21H20F2N4OS/c1-3-28-14-9-19(29-11-14)17-10-20(26-12-25-17)24-6-7-27-13(2)8-15-18(27)5-4-16(22)21(15)23/h4-5,8-12H,3,6-7H2,1-2H3,(H,24,25,26). The van der Waals surface area contributed by atoms with Gasteiger partial charge in [0.15, 0.2) is 11.6 Å². The van der Waals surface area contributed by atoms with Crippen LogP contribution in [0.3, 0.4) is 0 Å². The van der Waals surface area contributed by atoms with Crippen molar-refractivity contribution in [3.05, 3.63) is 59.4 Å². The SMILES string of the molecule is CCOc1csc(-c2cc(NCCn3c(C)cc4c(F)c(F)ccc43)ncn2)c1. The van der Waals surface area contributed by atoms with Crippen LogP contribution in [-0.2, 0) is 6.54 Å². The number of nitrogens with one attached hydrogen (secondary N) is 1. The number of aryl methyl sites for hydroxylation is 1. The van der Waals surface area contributed by atoms with Gasteiger partial charge in [-0.3, -0.25) is 0 Å². The summed E-state index contributed by atoms with van der Waals surface area (Å²) in [5.74, 6) is -0.102. The molecule has 0 spiro atoms. The van der Waals surface area contributed by atoms with Crippen LogP contribution in [0.2, 0.25) is 0 Å². The number of hydrogen-bond donors (Lipinski definition) is 1. The van der Waals surface area contributed by atoms with Crippen LogP contribution in [0.25, 0.3) is 21.5 Å². The first-order chi connectivity index (χ1) is 14.1. The molecule has 3 aromatic heterocycles. The largest absolute Gasteiger partial charge is 0.493 e. The maximum Gasteiger partial charge on any atom is 0.168 e. The Bertz CT molecular complexity index is 1160. The Kier molecular flexibility index (Phi) is 5.44. The van der Waals surface area contributed by atoms with Crippen molar-refractivity contribution in [2.24, 2.45) is 0 Å². The van der Waals surface area contributed by atoms with Crippen molar-refractivity contribution < 1.29 is 13.5 Å². The lowest BCUT2D eigenvalue weighted by molar-refractivity contribution is 0.342. The van der Waals surface area contributed by atoms with Crippen LogP contribution in [-0.4, -0.2) is 27.7 Å². The first-order valence-corrected chi connectivity index (χ1v) is 10.2. The predicted molar refractivity (Wildman–Crippen MR) is 112 cm³/mol. The summed E-state index contributed by atoms with van der Waals surface area (Å²) in [5, 5.41) is 5.53. The summed E-state index contributed by atoms with van der Waals surface area (Å²) in [4.78, 5) is 9.61. The third-order valence-corrected chi connectivity index (χ3v) is 5.56. The van der Waals surface area contributed by atoms with E-state index in [1.54, 1.807) is 23.5 Å². The van der Waals surface area contributed by atoms with Crippen LogP contribution < -0.4 is 10.1 Å². The summed E-state index contributed by atoms with van der Waals surface area (Å²) >= 11 is 1.57. The normalized spacial score (nSPS) is 11.2. The molecule has 0 fully saturated rings. The average Bonchev–Trinajstić information content (AvgIpc) is 3.31. The van der Waals surface area contributed by atoms with Crippen LogP contribution >= 0.6 is 11.3 Å². The van der Waals surface area contributed by atoms with Crippen molar-refractivity contribution in [2.45, 2.75) is 20.4 Å². The number of rotatable bonds is 7. The predicted octanol–water partition coefficient (Wildman–Crippen LogP) is 5.26. The molecule has 0 amide bonds. The van der Waals surface area contributed by atoms with Gasteiger partial charge in [0, 0.05) is 41.7 Å². The highest BCUT2D eigenvalue weighted by molar-refractivity contribution is 7.13. The molecule has 0 aliphatic rings. The Balaban J connectivity index is 1.47. The van der Waals surface area contributed by atoms with Gasteiger partial charge in [-0.05, 0) is 32.0 Å². The molecule has 0 radical (unpaired) electrons. The smallest absolute Gasteiger partial charge is 0.168 e. The van der Waals surface area contributed by atoms with Gasteiger partial charge < -0.3 is 14.6 Å². The maximum absolute atomic E-state index is 14.0. The molecular weight excluding hydrogens is 394 g/mol. The number of anilines is 1. The van der Waals surface area contributed by atoms with E-state index in [1.165, 1.54) is 6.33 Å². The minimum Gasteiger partial charge on any atom is -0.493 e. The lowest BCUT2D eigenvalue weighted by Gasteiger charge is -2.10. The fraction of sp³-hybridized carbons (Fsp3) is 0.238. The summed E-state index contributed by atoms with van der Waals surface area (Å²) in [7, 11) is 0. The molecule has 3 heterocycles. The van der Waals surface area contributed by atoms with Crippen LogP contribution in [0.1, 0.15) is 12.6 Å². The van der Waals surface area contributed by atoms with E-state index in [2.05, 4.69) is 15.3 Å². The van der Waals surface area contributed by atoms with E-state index in [-0.39, 0.29) is 0 Å². The first kappa shape index (κ1) is 19.3. The molecule has 4 rings (SSSR count). The highest BCUT2D eigenvalue weighted by atomic mass is 32.1. The Labute approximate surface area is 171 Å². The van der Waals surface area contributed by atoms with Gasteiger partial charge in [0.1, 0.15) is 17.9 Å². The lowest BCUT2D eigenvalue weighted by Crippen LogP contribution is -2.12. The number of fused-ring (bicyclic) bond motifs is 1. The van der Waals surface area contributed by atoms with E-state index in [1.807, 2.05) is 35.9 Å². The molecule has 0 unspecified atom stereocenters. The van der Waals surface area contributed by atoms with Gasteiger partial charge in [-0.2, -0.15) is 0 Å².